The number of ether oxygens (including phenoxy) is 1. The molecular weight excluding hydrogens is 677 g/mol. The Morgan fingerprint density at radius 2 is 1.57 bits per heavy atom. The molecule has 0 radical (unpaired) electrons. The smallest absolute Gasteiger partial charge is 0.306 e. The molecule has 44 heavy (non-hydrogen) atoms. The van der Waals surface area contributed by atoms with E-state index >= 15 is 0 Å². The molecule has 1 saturated carbocycles. The van der Waals surface area contributed by atoms with E-state index in [4.69, 9.17) is 9.26 Å². The van der Waals surface area contributed by atoms with Crippen LogP contribution in [0.5, 0.6) is 0 Å². The predicted octanol–water partition coefficient (Wildman–Crippen LogP) is 8.73. The Labute approximate surface area is 279 Å². The Morgan fingerprint density at radius 3 is 2.09 bits per heavy atom. The third kappa shape index (κ3) is 8.43. The quantitative estimate of drug-likeness (QED) is 0.0778. The SMILES string of the molecule is CC(C)CC1CC(c2onc([C@@H](CCCCC(C)(C)[Si](O)(c3ccccc3)c3ccccc3)CC(=O)OC(C)(C)C)c2I)C1. The van der Waals surface area contributed by atoms with Gasteiger partial charge in [-0.15, -0.1) is 0 Å². The van der Waals surface area contributed by atoms with E-state index in [0.717, 1.165) is 69.8 Å². The zero-order chi connectivity index (χ0) is 32.1. The lowest BCUT2D eigenvalue weighted by atomic mass is 9.70. The maximum absolute atomic E-state index is 13.0. The van der Waals surface area contributed by atoms with E-state index in [1.807, 2.05) is 57.2 Å². The molecule has 5 nitrogen and oxygen atoms in total. The van der Waals surface area contributed by atoms with Crippen molar-refractivity contribution in [3.8, 4) is 0 Å². The normalized spacial score (nSPS) is 18.2. The number of benzene rings is 2. The second-order valence-electron chi connectivity index (χ2n) is 15.0. The summed E-state index contributed by atoms with van der Waals surface area (Å²) in [6, 6.07) is 20.4. The van der Waals surface area contributed by atoms with Crippen molar-refractivity contribution in [2.75, 3.05) is 0 Å². The first-order valence-electron chi connectivity index (χ1n) is 16.4. The lowest BCUT2D eigenvalue weighted by Crippen LogP contribution is -2.65. The van der Waals surface area contributed by atoms with Crippen LogP contribution in [0.4, 0.5) is 0 Å². The van der Waals surface area contributed by atoms with Crippen molar-refractivity contribution >= 4 is 47.3 Å². The van der Waals surface area contributed by atoms with Crippen molar-refractivity contribution in [3.05, 3.63) is 75.7 Å². The van der Waals surface area contributed by atoms with Gasteiger partial charge in [0, 0.05) is 11.8 Å². The summed E-state index contributed by atoms with van der Waals surface area (Å²) in [5.74, 6) is 2.64. The second-order valence-corrected chi connectivity index (χ2v) is 20.0. The van der Waals surface area contributed by atoms with E-state index in [1.54, 1.807) is 0 Å². The first kappa shape index (κ1) is 34.9. The van der Waals surface area contributed by atoms with Gasteiger partial charge in [0.25, 0.3) is 8.32 Å². The van der Waals surface area contributed by atoms with Crippen LogP contribution in [-0.2, 0) is 9.53 Å². The van der Waals surface area contributed by atoms with Gasteiger partial charge in [-0.25, -0.2) is 0 Å². The van der Waals surface area contributed by atoms with Crippen molar-refractivity contribution in [2.24, 2.45) is 11.8 Å². The number of hydrogen-bond donors (Lipinski definition) is 1. The van der Waals surface area contributed by atoms with Crippen molar-refractivity contribution in [3.63, 3.8) is 0 Å². The molecule has 1 aliphatic carbocycles. The lowest BCUT2D eigenvalue weighted by Gasteiger charge is -2.41. The molecule has 240 valence electrons. The first-order chi connectivity index (χ1) is 20.7. The topological polar surface area (TPSA) is 72.6 Å². The number of esters is 1. The Kier molecular flexibility index (Phi) is 11.6. The number of carbonyl (C=O) groups is 1. The highest BCUT2D eigenvalue weighted by Gasteiger charge is 2.49. The van der Waals surface area contributed by atoms with Gasteiger partial charge < -0.3 is 14.1 Å². The minimum absolute atomic E-state index is 0.0664. The van der Waals surface area contributed by atoms with Crippen LogP contribution < -0.4 is 10.4 Å². The average Bonchev–Trinajstić information content (AvgIpc) is 3.31. The van der Waals surface area contributed by atoms with E-state index in [2.05, 4.69) is 79.7 Å². The standard InChI is InChI=1S/C37H52INO4Si/c1-26(2)22-27-23-29(24-27)35-33(38)34(39-43-35)28(25-32(40)42-36(3,4)5)16-14-15-21-37(6,7)44(41,30-17-10-8-11-18-30)31-19-12-9-13-20-31/h8-13,17-20,26-29,41H,14-16,21-25H2,1-7H3/t27?,28-,29?/m0/s1. The van der Waals surface area contributed by atoms with Gasteiger partial charge in [0.15, 0.2) is 5.76 Å². The zero-order valence-electron chi connectivity index (χ0n) is 27.7. The van der Waals surface area contributed by atoms with Crippen molar-refractivity contribution < 1.29 is 18.9 Å². The van der Waals surface area contributed by atoms with E-state index in [1.165, 1.54) is 6.42 Å². The summed E-state index contributed by atoms with van der Waals surface area (Å²) in [6.45, 7) is 14.7. The second kappa shape index (κ2) is 14.6. The fourth-order valence-electron chi connectivity index (χ4n) is 6.99. The van der Waals surface area contributed by atoms with Gasteiger partial charge in [-0.05, 0) is 103 Å². The maximum atomic E-state index is 13.0. The molecule has 1 aliphatic rings. The zero-order valence-corrected chi connectivity index (χ0v) is 30.9. The molecule has 1 N–H and O–H groups in total. The molecule has 1 atom stereocenters. The molecular formula is C37H52INO4Si. The predicted molar refractivity (Wildman–Crippen MR) is 190 cm³/mol. The Morgan fingerprint density at radius 1 is 1.00 bits per heavy atom. The molecule has 0 aliphatic heterocycles. The monoisotopic (exact) mass is 729 g/mol. The summed E-state index contributed by atoms with van der Waals surface area (Å²) in [5.41, 5.74) is 0.368. The third-order valence-electron chi connectivity index (χ3n) is 9.28. The van der Waals surface area contributed by atoms with Crippen LogP contribution in [0.25, 0.3) is 0 Å². The summed E-state index contributed by atoms with van der Waals surface area (Å²) in [4.78, 5) is 25.6. The average molecular weight is 730 g/mol. The van der Waals surface area contributed by atoms with Crippen molar-refractivity contribution in [1.82, 2.24) is 5.16 Å². The summed E-state index contributed by atoms with van der Waals surface area (Å²) in [6.07, 6.45) is 7.41. The van der Waals surface area contributed by atoms with Gasteiger partial charge in [-0.3, -0.25) is 4.79 Å². The number of hydrogen-bond acceptors (Lipinski definition) is 5. The molecule has 1 aromatic heterocycles. The molecule has 0 unspecified atom stereocenters. The van der Waals surface area contributed by atoms with Crippen LogP contribution in [-0.4, -0.2) is 29.8 Å². The van der Waals surface area contributed by atoms with Crippen LogP contribution in [0, 0.1) is 15.4 Å². The first-order valence-corrected chi connectivity index (χ1v) is 19.4. The molecule has 0 amide bonds. The summed E-state index contributed by atoms with van der Waals surface area (Å²) < 4.78 is 12.8. The van der Waals surface area contributed by atoms with E-state index in [9.17, 15) is 9.59 Å². The number of halogens is 1. The number of unbranched alkanes of at least 4 members (excludes halogenated alkanes) is 1. The third-order valence-corrected chi connectivity index (χ3v) is 14.9. The molecule has 7 heteroatoms. The lowest BCUT2D eigenvalue weighted by molar-refractivity contribution is -0.155. The summed E-state index contributed by atoms with van der Waals surface area (Å²) in [5, 5.41) is 6.35. The molecule has 0 spiro atoms. The van der Waals surface area contributed by atoms with Crippen LogP contribution in [0.3, 0.4) is 0 Å². The highest BCUT2D eigenvalue weighted by atomic mass is 127. The number of nitrogens with zero attached hydrogens (tertiary/aromatic N) is 1. The fourth-order valence-corrected chi connectivity index (χ4v) is 11.8. The molecule has 0 saturated heterocycles. The van der Waals surface area contributed by atoms with Crippen LogP contribution in [0.1, 0.15) is 123 Å². The van der Waals surface area contributed by atoms with Gasteiger partial charge in [-0.1, -0.05) is 106 Å². The van der Waals surface area contributed by atoms with Gasteiger partial charge in [0.1, 0.15) is 11.3 Å². The minimum Gasteiger partial charge on any atom is -0.460 e. The highest BCUT2D eigenvalue weighted by Crippen LogP contribution is 2.47. The van der Waals surface area contributed by atoms with Crippen LogP contribution in [0.15, 0.2) is 65.2 Å². The van der Waals surface area contributed by atoms with E-state index in [0.29, 0.717) is 11.8 Å². The number of rotatable bonds is 14. The van der Waals surface area contributed by atoms with Crippen LogP contribution in [0.2, 0.25) is 5.04 Å². The van der Waals surface area contributed by atoms with E-state index < -0.39 is 13.9 Å². The van der Waals surface area contributed by atoms with Crippen molar-refractivity contribution in [1.29, 1.82) is 0 Å². The molecule has 1 fully saturated rings. The van der Waals surface area contributed by atoms with Gasteiger partial charge in [0.05, 0.1) is 9.99 Å². The van der Waals surface area contributed by atoms with Gasteiger partial charge in [-0.2, -0.15) is 0 Å². The van der Waals surface area contributed by atoms with Gasteiger partial charge in [0.2, 0.25) is 0 Å². The number of aromatic nitrogens is 1. The minimum atomic E-state index is -3.06. The number of carbonyl (C=O) groups excluding carboxylic acids is 1. The van der Waals surface area contributed by atoms with Crippen molar-refractivity contribution in [2.45, 2.75) is 122 Å². The molecule has 2 aromatic carbocycles. The Balaban J connectivity index is 1.48. The maximum Gasteiger partial charge on any atom is 0.306 e. The molecule has 3 aromatic rings. The summed E-state index contributed by atoms with van der Waals surface area (Å²) >= 11 is 2.39. The summed E-state index contributed by atoms with van der Waals surface area (Å²) in [7, 11) is -3.06. The molecule has 1 heterocycles. The van der Waals surface area contributed by atoms with Crippen LogP contribution >= 0.6 is 22.6 Å². The van der Waals surface area contributed by atoms with E-state index in [-0.39, 0.29) is 23.3 Å². The molecule has 4 rings (SSSR count). The Bertz CT molecular complexity index is 1300. The fraction of sp³-hybridized carbons (Fsp3) is 0.568. The Hall–Kier alpha value is -1.97. The highest BCUT2D eigenvalue weighted by molar-refractivity contribution is 14.1. The van der Waals surface area contributed by atoms with Gasteiger partial charge >= 0.3 is 5.97 Å². The largest absolute Gasteiger partial charge is 0.460 e. The molecule has 0 bridgehead atoms.